The topological polar surface area (TPSA) is 119 Å². The van der Waals surface area contributed by atoms with Crippen LogP contribution in [-0.2, 0) is 19.6 Å². The van der Waals surface area contributed by atoms with Crippen molar-refractivity contribution in [2.75, 3.05) is 23.3 Å². The first kappa shape index (κ1) is 24.8. The SMILES string of the molecule is CC(=O)OC1CCN(c2ccc(Nc3ncc4ccn(S(=O)(=O)c5cccc6cccnc56)c4n3)cc2)CC1. The third-order valence-corrected chi connectivity index (χ3v) is 8.49. The van der Waals surface area contributed by atoms with Gasteiger partial charge in [0.1, 0.15) is 11.0 Å². The number of hydrogen-bond donors (Lipinski definition) is 1. The van der Waals surface area contributed by atoms with Crippen molar-refractivity contribution in [2.45, 2.75) is 30.8 Å². The third-order valence-electron chi connectivity index (χ3n) is 6.79. The third kappa shape index (κ3) is 4.88. The van der Waals surface area contributed by atoms with E-state index in [0.717, 1.165) is 42.7 Å². The molecular weight excluding hydrogens is 516 g/mol. The van der Waals surface area contributed by atoms with Gasteiger partial charge in [0.25, 0.3) is 10.0 Å². The van der Waals surface area contributed by atoms with Crippen LogP contribution in [0.15, 0.2) is 84.1 Å². The van der Waals surface area contributed by atoms with E-state index in [1.165, 1.54) is 17.1 Å². The summed E-state index contributed by atoms with van der Waals surface area (Å²) in [7, 11) is -3.96. The largest absolute Gasteiger partial charge is 0.462 e. The lowest BCUT2D eigenvalue weighted by molar-refractivity contribution is -0.147. The van der Waals surface area contributed by atoms with Crippen LogP contribution in [0.1, 0.15) is 19.8 Å². The Hall–Kier alpha value is -4.51. The number of carbonyl (C=O) groups is 1. The van der Waals surface area contributed by atoms with Crippen LogP contribution in [0.2, 0.25) is 0 Å². The summed E-state index contributed by atoms with van der Waals surface area (Å²) in [6, 6.07) is 18.2. The number of nitrogens with one attached hydrogen (secondary N) is 1. The molecule has 2 aromatic carbocycles. The van der Waals surface area contributed by atoms with Crippen LogP contribution in [-0.4, -0.2) is 52.5 Å². The fourth-order valence-corrected chi connectivity index (χ4v) is 6.36. The molecule has 0 saturated carbocycles. The predicted molar refractivity (Wildman–Crippen MR) is 149 cm³/mol. The summed E-state index contributed by atoms with van der Waals surface area (Å²) in [6.07, 6.45) is 6.23. The number of hydrogen-bond acceptors (Lipinski definition) is 9. The Bertz CT molecular complexity index is 1770. The van der Waals surface area contributed by atoms with E-state index in [-0.39, 0.29) is 28.6 Å². The summed E-state index contributed by atoms with van der Waals surface area (Å²) in [5.74, 6) is 0.0448. The lowest BCUT2D eigenvalue weighted by atomic mass is 10.1. The molecule has 11 heteroatoms. The van der Waals surface area contributed by atoms with Gasteiger partial charge in [-0.3, -0.25) is 9.78 Å². The van der Waals surface area contributed by atoms with E-state index in [0.29, 0.717) is 10.9 Å². The number of nitrogens with zero attached hydrogens (tertiary/aromatic N) is 5. The fraction of sp³-hybridized carbons (Fsp3) is 0.214. The molecule has 0 aliphatic carbocycles. The van der Waals surface area contributed by atoms with E-state index >= 15 is 0 Å². The summed E-state index contributed by atoms with van der Waals surface area (Å²) in [5.41, 5.74) is 2.52. The molecule has 1 N–H and O–H groups in total. The Labute approximate surface area is 225 Å². The quantitative estimate of drug-likeness (QED) is 0.310. The van der Waals surface area contributed by atoms with Crippen LogP contribution in [0, 0.1) is 0 Å². The van der Waals surface area contributed by atoms with E-state index in [1.54, 1.807) is 36.7 Å². The molecule has 0 unspecified atom stereocenters. The Balaban J connectivity index is 1.23. The van der Waals surface area contributed by atoms with Crippen molar-refractivity contribution < 1.29 is 17.9 Å². The Morgan fingerprint density at radius 3 is 2.51 bits per heavy atom. The standard InChI is InChI=1S/C28H26N6O4S/c1-19(35)38-24-12-15-33(16-13-24)23-9-7-22(8-10-23)31-28-30-18-21-11-17-34(27(21)32-28)39(36,37)25-6-2-4-20-5-3-14-29-26(20)25/h2-11,14,17-18,24H,12-13,15-16H2,1H3,(H,30,31,32). The fourth-order valence-electron chi connectivity index (χ4n) is 4.89. The number of anilines is 3. The smallest absolute Gasteiger partial charge is 0.302 e. The van der Waals surface area contributed by atoms with Gasteiger partial charge in [0.05, 0.1) is 5.52 Å². The van der Waals surface area contributed by atoms with Gasteiger partial charge in [-0.1, -0.05) is 18.2 Å². The Morgan fingerprint density at radius 1 is 0.974 bits per heavy atom. The van der Waals surface area contributed by atoms with E-state index in [2.05, 4.69) is 25.2 Å². The summed E-state index contributed by atoms with van der Waals surface area (Å²) in [4.78, 5) is 26.8. The number of esters is 1. The van der Waals surface area contributed by atoms with Crippen LogP contribution in [0.5, 0.6) is 0 Å². The maximum atomic E-state index is 13.7. The molecule has 4 heterocycles. The second-order valence-corrected chi connectivity index (χ2v) is 11.2. The summed E-state index contributed by atoms with van der Waals surface area (Å²) >= 11 is 0. The van der Waals surface area contributed by atoms with Crippen molar-refractivity contribution in [1.82, 2.24) is 18.9 Å². The highest BCUT2D eigenvalue weighted by Crippen LogP contribution is 2.28. The molecule has 6 rings (SSSR count). The zero-order valence-electron chi connectivity index (χ0n) is 21.2. The highest BCUT2D eigenvalue weighted by atomic mass is 32.2. The van der Waals surface area contributed by atoms with Crippen molar-refractivity contribution in [3.63, 3.8) is 0 Å². The minimum Gasteiger partial charge on any atom is -0.462 e. The number of piperidine rings is 1. The first-order valence-electron chi connectivity index (χ1n) is 12.6. The molecular formula is C28H26N6O4S. The lowest BCUT2D eigenvalue weighted by Crippen LogP contribution is -2.37. The molecule has 198 valence electrons. The van der Waals surface area contributed by atoms with Crippen molar-refractivity contribution in [3.05, 3.63) is 79.3 Å². The zero-order valence-corrected chi connectivity index (χ0v) is 22.0. The second kappa shape index (κ2) is 9.99. The number of benzene rings is 2. The number of pyridine rings is 1. The maximum Gasteiger partial charge on any atom is 0.302 e. The summed E-state index contributed by atoms with van der Waals surface area (Å²) < 4.78 is 33.8. The van der Waals surface area contributed by atoms with Gasteiger partial charge in [0.15, 0.2) is 5.65 Å². The van der Waals surface area contributed by atoms with Gasteiger partial charge in [-0.25, -0.2) is 17.4 Å². The molecule has 1 aliphatic rings. The number of rotatable bonds is 6. The highest BCUT2D eigenvalue weighted by molar-refractivity contribution is 7.90. The van der Waals surface area contributed by atoms with Gasteiger partial charge in [0.2, 0.25) is 5.95 Å². The monoisotopic (exact) mass is 542 g/mol. The van der Waals surface area contributed by atoms with Gasteiger partial charge in [-0.15, -0.1) is 0 Å². The molecule has 1 aliphatic heterocycles. The van der Waals surface area contributed by atoms with E-state index in [4.69, 9.17) is 4.74 Å². The van der Waals surface area contributed by atoms with Crippen LogP contribution in [0.25, 0.3) is 21.9 Å². The van der Waals surface area contributed by atoms with Crippen LogP contribution in [0.4, 0.5) is 17.3 Å². The Morgan fingerprint density at radius 2 is 1.74 bits per heavy atom. The molecule has 5 aromatic rings. The van der Waals surface area contributed by atoms with Crippen LogP contribution < -0.4 is 10.2 Å². The summed E-state index contributed by atoms with van der Waals surface area (Å²) in [5, 5.41) is 4.52. The normalized spacial score (nSPS) is 14.5. The van der Waals surface area contributed by atoms with Crippen molar-refractivity contribution in [1.29, 1.82) is 0 Å². The molecule has 0 atom stereocenters. The lowest BCUT2D eigenvalue weighted by Gasteiger charge is -2.33. The van der Waals surface area contributed by atoms with Gasteiger partial charge in [-0.2, -0.15) is 4.98 Å². The molecule has 0 bridgehead atoms. The predicted octanol–water partition coefficient (Wildman–Crippen LogP) is 4.49. The van der Waals surface area contributed by atoms with Crippen molar-refractivity contribution in [2.24, 2.45) is 0 Å². The first-order valence-corrected chi connectivity index (χ1v) is 14.1. The van der Waals surface area contributed by atoms with E-state index in [1.807, 2.05) is 36.4 Å². The average molecular weight is 543 g/mol. The molecule has 0 radical (unpaired) electrons. The second-order valence-electron chi connectivity index (χ2n) is 9.39. The van der Waals surface area contributed by atoms with Crippen molar-refractivity contribution in [3.8, 4) is 0 Å². The van der Waals surface area contributed by atoms with Gasteiger partial charge >= 0.3 is 5.97 Å². The van der Waals surface area contributed by atoms with E-state index in [9.17, 15) is 13.2 Å². The zero-order chi connectivity index (χ0) is 27.0. The van der Waals surface area contributed by atoms with E-state index < -0.39 is 10.0 Å². The number of carbonyl (C=O) groups excluding carboxylic acids is 1. The summed E-state index contributed by atoms with van der Waals surface area (Å²) in [6.45, 7) is 3.06. The van der Waals surface area contributed by atoms with Gasteiger partial charge in [0, 0.05) is 73.6 Å². The number of aromatic nitrogens is 4. The maximum absolute atomic E-state index is 13.7. The number of para-hydroxylation sites is 1. The molecule has 0 amide bonds. The van der Waals surface area contributed by atoms with Crippen LogP contribution in [0.3, 0.4) is 0 Å². The number of fused-ring (bicyclic) bond motifs is 2. The Kier molecular flexibility index (Phi) is 6.35. The first-order chi connectivity index (χ1) is 18.9. The van der Waals surface area contributed by atoms with Gasteiger partial charge < -0.3 is 15.0 Å². The highest BCUT2D eigenvalue weighted by Gasteiger charge is 2.24. The average Bonchev–Trinajstić information content (AvgIpc) is 3.38. The van der Waals surface area contributed by atoms with Crippen molar-refractivity contribution >= 4 is 55.3 Å². The molecule has 39 heavy (non-hydrogen) atoms. The molecule has 1 saturated heterocycles. The molecule has 1 fully saturated rings. The van der Waals surface area contributed by atoms with Gasteiger partial charge in [-0.05, 0) is 42.5 Å². The van der Waals surface area contributed by atoms with Crippen LogP contribution >= 0.6 is 0 Å². The molecule has 3 aromatic heterocycles. The minimum atomic E-state index is -3.96. The molecule has 0 spiro atoms. The number of ether oxygens (including phenoxy) is 1. The minimum absolute atomic E-state index is 0.0219. The molecule has 10 nitrogen and oxygen atoms in total.